The monoisotopic (exact) mass is 503 g/mol. The van der Waals surface area contributed by atoms with Crippen LogP contribution < -0.4 is 10.5 Å². The Morgan fingerprint density at radius 3 is 2.82 bits per heavy atom. The summed E-state index contributed by atoms with van der Waals surface area (Å²) >= 11 is 3.41. The van der Waals surface area contributed by atoms with Gasteiger partial charge in [-0.1, -0.05) is 18.2 Å². The lowest BCUT2D eigenvalue weighted by Gasteiger charge is -2.13. The van der Waals surface area contributed by atoms with Gasteiger partial charge in [-0.05, 0) is 70.3 Å². The number of nitrogens with zero attached hydrogens (tertiary/aromatic N) is 2. The standard InChI is InChI=1S/C24H25N3O3S2.ClH/c25-24(29)22-12-27(16-26-22)11-20(28)6-3-5-17-4-1-2-7-23(17)30-13-21-10-19(15-32-21)18-8-9-31-14-18;/h1-2,4,7-10,12,14-16,20,28H,3,5-6,11,13H2,(H2,25,29);1H/t20-;/m0./s1. The van der Waals surface area contributed by atoms with E-state index in [1.807, 2.05) is 18.2 Å². The van der Waals surface area contributed by atoms with E-state index in [1.54, 1.807) is 33.4 Å². The van der Waals surface area contributed by atoms with Gasteiger partial charge in [-0.15, -0.1) is 23.7 Å². The lowest BCUT2D eigenvalue weighted by molar-refractivity contribution is 0.0995. The number of imidazole rings is 1. The summed E-state index contributed by atoms with van der Waals surface area (Å²) in [6.07, 6.45) is 4.81. The average Bonchev–Trinajstić information content (AvgIpc) is 3.54. The third-order valence-corrected chi connectivity index (χ3v) is 6.74. The van der Waals surface area contributed by atoms with Gasteiger partial charge in [-0.2, -0.15) is 11.3 Å². The second kappa shape index (κ2) is 12.0. The molecule has 4 aromatic rings. The van der Waals surface area contributed by atoms with Crippen LogP contribution in [0.15, 0.2) is 65.1 Å². The van der Waals surface area contributed by atoms with Crippen molar-refractivity contribution in [2.75, 3.05) is 0 Å². The number of halogens is 1. The minimum Gasteiger partial charge on any atom is -0.488 e. The third kappa shape index (κ3) is 6.91. The van der Waals surface area contributed by atoms with E-state index in [0.29, 0.717) is 19.6 Å². The molecule has 0 radical (unpaired) electrons. The first kappa shape index (κ1) is 25.0. The van der Waals surface area contributed by atoms with Crippen LogP contribution in [0.5, 0.6) is 5.75 Å². The van der Waals surface area contributed by atoms with E-state index in [0.717, 1.165) is 24.2 Å². The zero-order valence-corrected chi connectivity index (χ0v) is 20.4. The molecule has 0 aliphatic carbocycles. The number of thiophene rings is 2. The van der Waals surface area contributed by atoms with Crippen LogP contribution in [-0.2, 0) is 19.6 Å². The van der Waals surface area contributed by atoms with Crippen molar-refractivity contribution in [1.82, 2.24) is 9.55 Å². The second-order valence-corrected chi connectivity index (χ2v) is 9.35. The summed E-state index contributed by atoms with van der Waals surface area (Å²) in [7, 11) is 0. The van der Waals surface area contributed by atoms with Crippen molar-refractivity contribution >= 4 is 41.0 Å². The van der Waals surface area contributed by atoms with Gasteiger partial charge >= 0.3 is 0 Å². The van der Waals surface area contributed by atoms with Gasteiger partial charge in [0.2, 0.25) is 0 Å². The van der Waals surface area contributed by atoms with Crippen LogP contribution in [0.4, 0.5) is 0 Å². The van der Waals surface area contributed by atoms with Crippen LogP contribution in [0.25, 0.3) is 11.1 Å². The predicted octanol–water partition coefficient (Wildman–Crippen LogP) is 5.16. The smallest absolute Gasteiger partial charge is 0.268 e. The number of carbonyl (C=O) groups excluding carboxylic acids is 1. The highest BCUT2D eigenvalue weighted by Crippen LogP contribution is 2.29. The summed E-state index contributed by atoms with van der Waals surface area (Å²) in [5, 5.41) is 16.7. The highest BCUT2D eigenvalue weighted by Gasteiger charge is 2.11. The van der Waals surface area contributed by atoms with Crippen molar-refractivity contribution in [3.8, 4) is 16.9 Å². The number of hydrogen-bond acceptors (Lipinski definition) is 6. The maximum absolute atomic E-state index is 11.1. The van der Waals surface area contributed by atoms with E-state index in [4.69, 9.17) is 10.5 Å². The van der Waals surface area contributed by atoms with Gasteiger partial charge in [-0.25, -0.2) is 4.98 Å². The molecule has 3 heterocycles. The van der Waals surface area contributed by atoms with E-state index in [-0.39, 0.29) is 18.1 Å². The number of para-hydroxylation sites is 1. The molecule has 9 heteroatoms. The van der Waals surface area contributed by atoms with Gasteiger partial charge in [0.25, 0.3) is 5.91 Å². The van der Waals surface area contributed by atoms with E-state index in [2.05, 4.69) is 39.3 Å². The molecule has 174 valence electrons. The Morgan fingerprint density at radius 1 is 1.21 bits per heavy atom. The number of aryl methyl sites for hydroxylation is 1. The minimum atomic E-state index is -0.569. The number of rotatable bonds is 11. The number of hydrogen-bond donors (Lipinski definition) is 2. The number of amides is 1. The molecule has 4 rings (SSSR count). The summed E-state index contributed by atoms with van der Waals surface area (Å²) in [4.78, 5) is 16.3. The number of benzene rings is 1. The molecular formula is C24H26ClN3O3S2. The molecule has 0 saturated carbocycles. The van der Waals surface area contributed by atoms with Crippen molar-refractivity contribution in [2.24, 2.45) is 5.73 Å². The second-order valence-electron chi connectivity index (χ2n) is 7.58. The zero-order chi connectivity index (χ0) is 22.3. The van der Waals surface area contributed by atoms with Gasteiger partial charge < -0.3 is 20.1 Å². The predicted molar refractivity (Wildman–Crippen MR) is 135 cm³/mol. The lowest BCUT2D eigenvalue weighted by atomic mass is 10.0. The van der Waals surface area contributed by atoms with Gasteiger partial charge in [0.05, 0.1) is 12.4 Å². The molecule has 0 saturated heterocycles. The summed E-state index contributed by atoms with van der Waals surface area (Å²) in [5.74, 6) is 0.313. The maximum Gasteiger partial charge on any atom is 0.268 e. The number of aromatic nitrogens is 2. The van der Waals surface area contributed by atoms with E-state index < -0.39 is 12.0 Å². The number of ether oxygens (including phenoxy) is 1. The van der Waals surface area contributed by atoms with Crippen molar-refractivity contribution in [2.45, 2.75) is 38.5 Å². The van der Waals surface area contributed by atoms with Gasteiger partial charge in [-0.3, -0.25) is 4.79 Å². The number of carbonyl (C=O) groups is 1. The van der Waals surface area contributed by atoms with Gasteiger partial charge in [0, 0.05) is 17.6 Å². The maximum atomic E-state index is 11.1. The minimum absolute atomic E-state index is 0. The van der Waals surface area contributed by atoms with Crippen LogP contribution in [0.1, 0.15) is 33.8 Å². The van der Waals surface area contributed by atoms with Crippen LogP contribution in [0.3, 0.4) is 0 Å². The summed E-state index contributed by atoms with van der Waals surface area (Å²) in [6.45, 7) is 0.917. The quantitative estimate of drug-likeness (QED) is 0.296. The molecule has 0 aliphatic rings. The largest absolute Gasteiger partial charge is 0.488 e. The Labute approximate surface area is 207 Å². The first-order chi connectivity index (χ1) is 15.6. The third-order valence-electron chi connectivity index (χ3n) is 5.14. The molecular weight excluding hydrogens is 478 g/mol. The van der Waals surface area contributed by atoms with Crippen LogP contribution in [-0.4, -0.2) is 26.7 Å². The highest BCUT2D eigenvalue weighted by atomic mass is 35.5. The average molecular weight is 504 g/mol. The molecule has 1 aromatic carbocycles. The normalized spacial score (nSPS) is 11.7. The fraction of sp³-hybridized carbons (Fsp3) is 0.250. The Hall–Kier alpha value is -2.65. The van der Waals surface area contributed by atoms with Gasteiger partial charge in [0.1, 0.15) is 18.1 Å². The fourth-order valence-corrected chi connectivity index (χ4v) is 4.96. The molecule has 6 nitrogen and oxygen atoms in total. The summed E-state index contributed by atoms with van der Waals surface area (Å²) in [5.41, 5.74) is 9.03. The molecule has 0 unspecified atom stereocenters. The molecule has 33 heavy (non-hydrogen) atoms. The number of nitrogens with two attached hydrogens (primary N) is 1. The molecule has 0 aliphatic heterocycles. The lowest BCUT2D eigenvalue weighted by Crippen LogP contribution is -2.15. The molecule has 1 amide bonds. The summed E-state index contributed by atoms with van der Waals surface area (Å²) in [6, 6.07) is 12.4. The number of primary amides is 1. The Kier molecular flexibility index (Phi) is 9.08. The topological polar surface area (TPSA) is 90.4 Å². The van der Waals surface area contributed by atoms with Gasteiger partial charge in [0.15, 0.2) is 0 Å². The highest BCUT2D eigenvalue weighted by molar-refractivity contribution is 7.10. The fourth-order valence-electron chi connectivity index (χ4n) is 3.49. The van der Waals surface area contributed by atoms with Crippen LogP contribution >= 0.6 is 35.1 Å². The number of aliphatic hydroxyl groups excluding tert-OH is 1. The molecule has 1 atom stereocenters. The van der Waals surface area contributed by atoms with Crippen molar-refractivity contribution in [3.63, 3.8) is 0 Å². The summed E-state index contributed by atoms with van der Waals surface area (Å²) < 4.78 is 7.81. The Balaban J connectivity index is 0.00000306. The van der Waals surface area contributed by atoms with Crippen molar-refractivity contribution in [3.05, 3.63) is 81.2 Å². The molecule has 3 aromatic heterocycles. The molecule has 0 bridgehead atoms. The van der Waals surface area contributed by atoms with E-state index in [1.165, 1.54) is 22.3 Å². The van der Waals surface area contributed by atoms with Crippen LogP contribution in [0, 0.1) is 0 Å². The molecule has 0 spiro atoms. The molecule has 0 fully saturated rings. The Morgan fingerprint density at radius 2 is 2.06 bits per heavy atom. The first-order valence-corrected chi connectivity index (χ1v) is 12.2. The van der Waals surface area contributed by atoms with E-state index >= 15 is 0 Å². The van der Waals surface area contributed by atoms with Crippen LogP contribution in [0.2, 0.25) is 0 Å². The SMILES string of the molecule is Cl.NC(=O)c1cn(C[C@@H](O)CCCc2ccccc2OCc2cc(-c3ccsc3)cs2)cn1. The van der Waals surface area contributed by atoms with E-state index in [9.17, 15) is 9.90 Å². The van der Waals surface area contributed by atoms with Crippen molar-refractivity contribution < 1.29 is 14.6 Å². The molecule has 3 N–H and O–H groups in total. The first-order valence-electron chi connectivity index (χ1n) is 10.4. The Bertz CT molecular complexity index is 1160. The van der Waals surface area contributed by atoms with Crippen molar-refractivity contribution in [1.29, 1.82) is 0 Å². The number of aliphatic hydroxyl groups is 1. The zero-order valence-electron chi connectivity index (χ0n) is 17.9.